The first-order valence-corrected chi connectivity index (χ1v) is 7.91. The first kappa shape index (κ1) is 18.8. The summed E-state index contributed by atoms with van der Waals surface area (Å²) < 4.78 is 80.3. The van der Waals surface area contributed by atoms with Gasteiger partial charge in [0.1, 0.15) is 5.82 Å². The minimum Gasteiger partial charge on any atom is -0.261 e. The van der Waals surface area contributed by atoms with Gasteiger partial charge in [0.25, 0.3) is 15.8 Å². The lowest BCUT2D eigenvalue weighted by atomic mass is 10.1. The molecule has 2 rings (SSSR count). The van der Waals surface area contributed by atoms with Gasteiger partial charge in [-0.05, 0) is 30.3 Å². The third kappa shape index (κ3) is 4.31. The van der Waals surface area contributed by atoms with E-state index in [0.29, 0.717) is 6.07 Å². The Hall–Kier alpha value is -2.53. The Labute approximate surface area is 138 Å². The van der Waals surface area contributed by atoms with Crippen LogP contribution in [0.3, 0.4) is 0 Å². The Kier molecular flexibility index (Phi) is 5.09. The zero-order chi connectivity index (χ0) is 18.8. The van der Waals surface area contributed by atoms with Gasteiger partial charge in [0.05, 0.1) is 27.6 Å². The molecule has 0 aliphatic rings. The van der Waals surface area contributed by atoms with Crippen molar-refractivity contribution in [3.8, 4) is 0 Å². The van der Waals surface area contributed by atoms with E-state index in [9.17, 15) is 36.1 Å². The number of rotatable bonds is 5. The fourth-order valence-corrected chi connectivity index (χ4v) is 2.85. The monoisotopic (exact) mass is 379 g/mol. The summed E-state index contributed by atoms with van der Waals surface area (Å²) in [5, 5.41) is 10.9. The molecule has 0 N–H and O–H groups in total. The quantitative estimate of drug-likeness (QED) is 0.343. The lowest BCUT2D eigenvalue weighted by Crippen LogP contribution is -2.14. The van der Waals surface area contributed by atoms with Gasteiger partial charge in [0.2, 0.25) is 0 Å². The van der Waals surface area contributed by atoms with Crippen molar-refractivity contribution in [1.29, 1.82) is 0 Å². The molecule has 11 heteroatoms. The van der Waals surface area contributed by atoms with Crippen LogP contribution in [0.25, 0.3) is 0 Å². The zero-order valence-corrected chi connectivity index (χ0v) is 13.0. The molecule has 0 saturated carbocycles. The molecule has 134 valence electrons. The second-order valence-electron chi connectivity index (χ2n) is 4.73. The van der Waals surface area contributed by atoms with Crippen LogP contribution in [0.15, 0.2) is 47.4 Å². The number of nitrogens with zero attached hydrogens (tertiary/aromatic N) is 1. The average Bonchev–Trinajstić information content (AvgIpc) is 2.52. The lowest BCUT2D eigenvalue weighted by molar-refractivity contribution is -0.386. The lowest BCUT2D eigenvalue weighted by Gasteiger charge is -2.13. The van der Waals surface area contributed by atoms with E-state index in [4.69, 9.17) is 0 Å². The molecular weight excluding hydrogens is 370 g/mol. The molecule has 0 spiro atoms. The van der Waals surface area contributed by atoms with Crippen LogP contribution in [0.5, 0.6) is 0 Å². The van der Waals surface area contributed by atoms with Crippen molar-refractivity contribution in [3.63, 3.8) is 0 Å². The van der Waals surface area contributed by atoms with Crippen molar-refractivity contribution in [2.45, 2.75) is 17.7 Å². The Morgan fingerprint density at radius 3 is 2.20 bits per heavy atom. The maximum absolute atomic E-state index is 13.0. The van der Waals surface area contributed by atoms with E-state index in [1.165, 1.54) is 0 Å². The van der Waals surface area contributed by atoms with Crippen LogP contribution < -0.4 is 0 Å². The average molecular weight is 379 g/mol. The van der Waals surface area contributed by atoms with E-state index >= 15 is 0 Å². The fourth-order valence-electron chi connectivity index (χ4n) is 1.97. The maximum atomic E-state index is 13.0. The van der Waals surface area contributed by atoms with Crippen LogP contribution in [0.1, 0.15) is 11.1 Å². The zero-order valence-electron chi connectivity index (χ0n) is 12.2. The third-order valence-corrected chi connectivity index (χ3v) is 4.39. The van der Waals surface area contributed by atoms with Crippen molar-refractivity contribution >= 4 is 15.8 Å². The predicted octanol–water partition coefficient (Wildman–Crippen LogP) is 3.66. The molecule has 6 nitrogen and oxygen atoms in total. The summed E-state index contributed by atoms with van der Waals surface area (Å²) in [5.41, 5.74) is -3.23. The molecule has 2 aromatic carbocycles. The summed E-state index contributed by atoms with van der Waals surface area (Å²) in [5.74, 6) is -0.725. The van der Waals surface area contributed by atoms with E-state index in [-0.39, 0.29) is 0 Å². The highest BCUT2D eigenvalue weighted by atomic mass is 32.2. The second kappa shape index (κ2) is 6.76. The highest BCUT2D eigenvalue weighted by molar-refractivity contribution is 7.86. The first-order chi connectivity index (χ1) is 11.5. The van der Waals surface area contributed by atoms with Crippen LogP contribution in [-0.4, -0.2) is 13.3 Å². The minimum atomic E-state index is -4.94. The molecule has 0 fully saturated rings. The number of halogens is 4. The number of nitro benzene ring substituents is 1. The van der Waals surface area contributed by atoms with E-state index in [1.807, 2.05) is 0 Å². The van der Waals surface area contributed by atoms with E-state index < -0.39 is 55.4 Å². The number of alkyl halides is 3. The van der Waals surface area contributed by atoms with E-state index in [1.54, 1.807) is 0 Å². The molecule has 0 heterocycles. The van der Waals surface area contributed by atoms with Crippen molar-refractivity contribution in [2.75, 3.05) is 0 Å². The second-order valence-corrected chi connectivity index (χ2v) is 6.34. The van der Waals surface area contributed by atoms with Crippen molar-refractivity contribution in [1.82, 2.24) is 0 Å². The molecule has 2 aromatic rings. The normalized spacial score (nSPS) is 12.2. The van der Waals surface area contributed by atoms with Crippen LogP contribution in [0, 0.1) is 15.9 Å². The molecule has 0 bridgehead atoms. The van der Waals surface area contributed by atoms with Crippen LogP contribution in [-0.2, 0) is 27.1 Å². The number of benzene rings is 2. The third-order valence-electron chi connectivity index (χ3n) is 3.11. The molecule has 0 radical (unpaired) electrons. The molecule has 0 aromatic heterocycles. The number of nitro groups is 1. The van der Waals surface area contributed by atoms with Gasteiger partial charge in [0.15, 0.2) is 0 Å². The minimum absolute atomic E-state index is 0.499. The summed E-state index contributed by atoms with van der Waals surface area (Å²) in [6.45, 7) is -1.20. The van der Waals surface area contributed by atoms with Crippen molar-refractivity contribution in [2.24, 2.45) is 0 Å². The molecule has 25 heavy (non-hydrogen) atoms. The van der Waals surface area contributed by atoms with E-state index in [0.717, 1.165) is 36.4 Å². The van der Waals surface area contributed by atoms with Gasteiger partial charge in [-0.15, -0.1) is 0 Å². The van der Waals surface area contributed by atoms with Gasteiger partial charge in [-0.1, -0.05) is 6.07 Å². The predicted molar refractivity (Wildman–Crippen MR) is 76.5 cm³/mol. The van der Waals surface area contributed by atoms with Crippen LogP contribution >= 0.6 is 0 Å². The topological polar surface area (TPSA) is 86.5 Å². The van der Waals surface area contributed by atoms with Gasteiger partial charge < -0.3 is 0 Å². The molecule has 0 aliphatic heterocycles. The summed E-state index contributed by atoms with van der Waals surface area (Å²) in [6, 6.07) is 5.57. The van der Waals surface area contributed by atoms with Gasteiger partial charge in [-0.3, -0.25) is 14.3 Å². The Morgan fingerprint density at radius 2 is 1.68 bits per heavy atom. The SMILES string of the molecule is O=[N+]([O-])c1cccc(C(F)(F)F)c1COS(=O)(=O)c1ccc(F)cc1. The summed E-state index contributed by atoms with van der Waals surface area (Å²) >= 11 is 0. The van der Waals surface area contributed by atoms with Crippen LogP contribution in [0.2, 0.25) is 0 Å². The Morgan fingerprint density at radius 1 is 1.08 bits per heavy atom. The number of hydrogen-bond donors (Lipinski definition) is 0. The fraction of sp³-hybridized carbons (Fsp3) is 0.143. The van der Waals surface area contributed by atoms with Gasteiger partial charge >= 0.3 is 6.18 Å². The van der Waals surface area contributed by atoms with Crippen molar-refractivity contribution in [3.05, 3.63) is 69.5 Å². The van der Waals surface area contributed by atoms with Gasteiger partial charge in [-0.25, -0.2) is 4.39 Å². The standard InChI is InChI=1S/C14H9F4NO5S/c15-9-4-6-10(7-5-9)25(22,23)24-8-11-12(14(16,17)18)2-1-3-13(11)19(20)21/h1-7H,8H2. The molecule has 0 aliphatic carbocycles. The molecular formula is C14H9F4NO5S. The van der Waals surface area contributed by atoms with Crippen molar-refractivity contribution < 1.29 is 35.1 Å². The summed E-state index contributed by atoms with van der Waals surface area (Å²) in [4.78, 5) is 9.35. The Bertz CT molecular complexity index is 894. The maximum Gasteiger partial charge on any atom is 0.417 e. The summed E-state index contributed by atoms with van der Waals surface area (Å²) in [6.07, 6.45) is -4.94. The molecule has 0 saturated heterocycles. The summed E-state index contributed by atoms with van der Waals surface area (Å²) in [7, 11) is -4.54. The van der Waals surface area contributed by atoms with E-state index in [2.05, 4.69) is 4.18 Å². The van der Waals surface area contributed by atoms with Crippen LogP contribution in [0.4, 0.5) is 23.2 Å². The molecule has 0 amide bonds. The first-order valence-electron chi connectivity index (χ1n) is 6.51. The molecule has 0 atom stereocenters. The molecule has 0 unspecified atom stereocenters. The smallest absolute Gasteiger partial charge is 0.261 e. The van der Waals surface area contributed by atoms with Gasteiger partial charge in [-0.2, -0.15) is 21.6 Å². The highest BCUT2D eigenvalue weighted by Crippen LogP contribution is 2.36. The number of hydrogen-bond acceptors (Lipinski definition) is 5. The largest absolute Gasteiger partial charge is 0.417 e. The Balaban J connectivity index is 2.40. The van der Waals surface area contributed by atoms with Gasteiger partial charge in [0, 0.05) is 6.07 Å². The highest BCUT2D eigenvalue weighted by Gasteiger charge is 2.37.